The Labute approximate surface area is 133 Å². The number of hydrogen-bond donors (Lipinski definition) is 0. The van der Waals surface area contributed by atoms with Crippen molar-refractivity contribution in [3.05, 3.63) is 15.9 Å². The highest BCUT2D eigenvalue weighted by atomic mass is 79.9. The fraction of sp³-hybridized carbons (Fsp3) is 0.800. The fourth-order valence-electron chi connectivity index (χ4n) is 3.36. The van der Waals surface area contributed by atoms with Crippen molar-refractivity contribution in [1.82, 2.24) is 9.78 Å². The summed E-state index contributed by atoms with van der Waals surface area (Å²) in [4.78, 5) is 0.669. The van der Waals surface area contributed by atoms with E-state index in [2.05, 4.69) is 57.9 Å². The van der Waals surface area contributed by atoms with Gasteiger partial charge in [-0.2, -0.15) is 5.10 Å². The van der Waals surface area contributed by atoms with Crippen LogP contribution in [0.25, 0.3) is 0 Å². The molecule has 0 spiro atoms. The van der Waals surface area contributed by atoms with Gasteiger partial charge >= 0.3 is 0 Å². The van der Waals surface area contributed by atoms with Crippen molar-refractivity contribution in [3.63, 3.8) is 0 Å². The van der Waals surface area contributed by atoms with Crippen LogP contribution >= 0.6 is 31.9 Å². The third kappa shape index (κ3) is 3.63. The summed E-state index contributed by atoms with van der Waals surface area (Å²) >= 11 is 7.60. The second kappa shape index (κ2) is 6.75. The van der Waals surface area contributed by atoms with Gasteiger partial charge in [0.25, 0.3) is 0 Å². The van der Waals surface area contributed by atoms with Crippen LogP contribution in [0.4, 0.5) is 0 Å². The predicted octanol–water partition coefficient (Wildman–Crippen LogP) is 5.01. The van der Waals surface area contributed by atoms with Crippen LogP contribution in [0.5, 0.6) is 0 Å². The Morgan fingerprint density at radius 3 is 2.68 bits per heavy atom. The van der Waals surface area contributed by atoms with Gasteiger partial charge in [-0.15, -0.1) is 0 Å². The Morgan fingerprint density at radius 1 is 1.37 bits per heavy atom. The molecule has 1 aliphatic carbocycles. The van der Waals surface area contributed by atoms with Crippen molar-refractivity contribution in [2.45, 2.75) is 57.2 Å². The minimum atomic E-state index is 0.669. The number of aromatic nitrogens is 2. The Hall–Kier alpha value is 0.170. The van der Waals surface area contributed by atoms with Gasteiger partial charge in [0.05, 0.1) is 15.9 Å². The van der Waals surface area contributed by atoms with Crippen LogP contribution in [0.2, 0.25) is 0 Å². The lowest BCUT2D eigenvalue weighted by atomic mass is 9.77. The topological polar surface area (TPSA) is 17.8 Å². The van der Waals surface area contributed by atoms with Crippen LogP contribution in [0, 0.1) is 18.8 Å². The van der Waals surface area contributed by atoms with Gasteiger partial charge in [0.1, 0.15) is 0 Å². The second-order valence-electron chi connectivity index (χ2n) is 5.92. The maximum Gasteiger partial charge on any atom is 0.0738 e. The predicted molar refractivity (Wildman–Crippen MR) is 87.8 cm³/mol. The monoisotopic (exact) mass is 390 g/mol. The molecule has 0 saturated heterocycles. The molecule has 1 aliphatic rings. The highest BCUT2D eigenvalue weighted by molar-refractivity contribution is 9.10. The largest absolute Gasteiger partial charge is 0.271 e. The molecular formula is C15H24Br2N2. The molecule has 108 valence electrons. The van der Waals surface area contributed by atoms with E-state index < -0.39 is 0 Å². The molecule has 1 aromatic rings. The second-order valence-corrected chi connectivity index (χ2v) is 7.89. The van der Waals surface area contributed by atoms with Gasteiger partial charge in [-0.1, -0.05) is 35.7 Å². The zero-order valence-electron chi connectivity index (χ0n) is 12.1. The SMILES string of the molecule is CCCC1CCC(Br)C(Cc2c(Br)c(C)nn2C)C1. The Bertz CT molecular complexity index is 428. The summed E-state index contributed by atoms with van der Waals surface area (Å²) in [6, 6.07) is 0. The van der Waals surface area contributed by atoms with E-state index in [0.717, 1.165) is 24.0 Å². The van der Waals surface area contributed by atoms with Gasteiger partial charge in [-0.25, -0.2) is 0 Å². The molecule has 2 rings (SSSR count). The minimum absolute atomic E-state index is 0.669. The van der Waals surface area contributed by atoms with E-state index in [4.69, 9.17) is 0 Å². The summed E-state index contributed by atoms with van der Waals surface area (Å²) < 4.78 is 3.25. The fourth-order valence-corrected chi connectivity index (χ4v) is 4.52. The van der Waals surface area contributed by atoms with E-state index >= 15 is 0 Å². The van der Waals surface area contributed by atoms with Gasteiger partial charge in [0.15, 0.2) is 0 Å². The van der Waals surface area contributed by atoms with Crippen molar-refractivity contribution in [1.29, 1.82) is 0 Å². The first-order chi connectivity index (χ1) is 9.02. The highest BCUT2D eigenvalue weighted by Gasteiger charge is 2.30. The van der Waals surface area contributed by atoms with Crippen LogP contribution in [0.1, 0.15) is 50.4 Å². The molecule has 4 heteroatoms. The molecule has 2 nitrogen and oxygen atoms in total. The van der Waals surface area contributed by atoms with E-state index in [1.807, 2.05) is 4.68 Å². The van der Waals surface area contributed by atoms with Gasteiger partial charge in [0, 0.05) is 11.9 Å². The molecule has 0 aliphatic heterocycles. The molecule has 0 N–H and O–H groups in total. The smallest absolute Gasteiger partial charge is 0.0738 e. The van der Waals surface area contributed by atoms with Crippen molar-refractivity contribution >= 4 is 31.9 Å². The summed E-state index contributed by atoms with van der Waals surface area (Å²) in [6.07, 6.45) is 7.92. The average molecular weight is 392 g/mol. The number of hydrogen-bond acceptors (Lipinski definition) is 1. The Balaban J connectivity index is 2.07. The first-order valence-corrected chi connectivity index (χ1v) is 9.05. The number of alkyl halides is 1. The van der Waals surface area contributed by atoms with Crippen LogP contribution in [-0.4, -0.2) is 14.6 Å². The van der Waals surface area contributed by atoms with Gasteiger partial charge in [-0.3, -0.25) is 4.68 Å². The zero-order chi connectivity index (χ0) is 14.0. The number of nitrogens with zero attached hydrogens (tertiary/aromatic N) is 2. The maximum atomic E-state index is 4.51. The number of halogens is 2. The molecule has 19 heavy (non-hydrogen) atoms. The molecule has 1 heterocycles. The van der Waals surface area contributed by atoms with Crippen molar-refractivity contribution in [2.24, 2.45) is 18.9 Å². The van der Waals surface area contributed by atoms with Crippen LogP contribution in [0.3, 0.4) is 0 Å². The van der Waals surface area contributed by atoms with Crippen LogP contribution in [-0.2, 0) is 13.5 Å². The molecule has 0 aromatic carbocycles. The number of rotatable bonds is 4. The lowest BCUT2D eigenvalue weighted by molar-refractivity contribution is 0.260. The molecule has 0 bridgehead atoms. The standard InChI is InChI=1S/C15H24Br2N2/c1-4-5-11-6-7-13(16)12(8-11)9-14-15(17)10(2)18-19(14)3/h11-13H,4-9H2,1-3H3. The summed E-state index contributed by atoms with van der Waals surface area (Å²) in [6.45, 7) is 4.37. The molecule has 0 amide bonds. The Morgan fingerprint density at radius 2 is 2.11 bits per heavy atom. The summed E-state index contributed by atoms with van der Waals surface area (Å²) in [7, 11) is 2.06. The molecule has 1 aromatic heterocycles. The van der Waals surface area contributed by atoms with Crippen molar-refractivity contribution in [2.75, 3.05) is 0 Å². The lowest BCUT2D eigenvalue weighted by Crippen LogP contribution is -2.27. The first-order valence-electron chi connectivity index (χ1n) is 7.35. The molecule has 3 atom stereocenters. The molecule has 0 radical (unpaired) electrons. The van der Waals surface area contributed by atoms with Gasteiger partial charge in [-0.05, 0) is 60.4 Å². The maximum absolute atomic E-state index is 4.51. The third-order valence-electron chi connectivity index (χ3n) is 4.41. The third-order valence-corrected chi connectivity index (χ3v) is 6.65. The van der Waals surface area contributed by atoms with E-state index in [-0.39, 0.29) is 0 Å². The van der Waals surface area contributed by atoms with Gasteiger partial charge in [0.2, 0.25) is 0 Å². The molecular weight excluding hydrogens is 368 g/mol. The van der Waals surface area contributed by atoms with Crippen LogP contribution < -0.4 is 0 Å². The van der Waals surface area contributed by atoms with Gasteiger partial charge < -0.3 is 0 Å². The van der Waals surface area contributed by atoms with E-state index in [9.17, 15) is 0 Å². The number of aryl methyl sites for hydroxylation is 2. The zero-order valence-corrected chi connectivity index (χ0v) is 15.3. The normalized spacial score (nSPS) is 27.7. The first kappa shape index (κ1) is 15.6. The molecule has 1 saturated carbocycles. The Kier molecular flexibility index (Phi) is 5.53. The minimum Gasteiger partial charge on any atom is -0.271 e. The van der Waals surface area contributed by atoms with E-state index in [1.165, 1.54) is 42.3 Å². The van der Waals surface area contributed by atoms with E-state index in [0.29, 0.717) is 4.83 Å². The molecule has 3 unspecified atom stereocenters. The molecule has 1 fully saturated rings. The van der Waals surface area contributed by atoms with Crippen molar-refractivity contribution < 1.29 is 0 Å². The summed E-state index contributed by atoms with van der Waals surface area (Å²) in [5.74, 6) is 1.67. The highest BCUT2D eigenvalue weighted by Crippen LogP contribution is 2.38. The average Bonchev–Trinajstić information content (AvgIpc) is 2.60. The quantitative estimate of drug-likeness (QED) is 0.659. The summed E-state index contributed by atoms with van der Waals surface area (Å²) in [5, 5.41) is 4.51. The van der Waals surface area contributed by atoms with E-state index in [1.54, 1.807) is 0 Å². The van der Waals surface area contributed by atoms with Crippen molar-refractivity contribution in [3.8, 4) is 0 Å². The summed E-state index contributed by atoms with van der Waals surface area (Å²) in [5.41, 5.74) is 2.45. The lowest BCUT2D eigenvalue weighted by Gasteiger charge is -2.33. The van der Waals surface area contributed by atoms with Crippen LogP contribution in [0.15, 0.2) is 4.47 Å².